The first kappa shape index (κ1) is 12.3. The molecule has 0 radical (unpaired) electrons. The van der Waals surface area contributed by atoms with Crippen LogP contribution in [0.2, 0.25) is 0 Å². The van der Waals surface area contributed by atoms with Crippen molar-refractivity contribution in [2.24, 2.45) is 0 Å². The quantitative estimate of drug-likeness (QED) is 0.760. The Morgan fingerprint density at radius 1 is 1.38 bits per heavy atom. The summed E-state index contributed by atoms with van der Waals surface area (Å²) in [5.41, 5.74) is 1.03. The van der Waals surface area contributed by atoms with Crippen molar-refractivity contribution in [1.29, 1.82) is 5.26 Å². The number of nitrogens with zero attached hydrogens (tertiary/aromatic N) is 1. The van der Waals surface area contributed by atoms with Gasteiger partial charge in [0, 0.05) is 6.54 Å². The van der Waals surface area contributed by atoms with Gasteiger partial charge in [0.25, 0.3) is 0 Å². The summed E-state index contributed by atoms with van der Waals surface area (Å²) in [6, 6.07) is 12.1. The Morgan fingerprint density at radius 2 is 2.06 bits per heavy atom. The highest BCUT2D eigenvalue weighted by atomic mass is 14.9. The van der Waals surface area contributed by atoms with E-state index in [1.54, 1.807) is 0 Å². The molecule has 0 bridgehead atoms. The van der Waals surface area contributed by atoms with Gasteiger partial charge in [0.1, 0.15) is 0 Å². The van der Waals surface area contributed by atoms with E-state index in [0.717, 1.165) is 12.0 Å². The van der Waals surface area contributed by atoms with Crippen molar-refractivity contribution in [2.75, 3.05) is 6.54 Å². The predicted octanol–water partition coefficient (Wildman–Crippen LogP) is 2.30. The van der Waals surface area contributed by atoms with Crippen LogP contribution in [-0.2, 0) is 0 Å². The summed E-state index contributed by atoms with van der Waals surface area (Å²) < 4.78 is 0. The summed E-state index contributed by atoms with van der Waals surface area (Å²) in [6.45, 7) is 2.63. The Labute approximate surface area is 97.3 Å². The standard InChI is InChI=1S/C14H16N2/c1-3-14(4-2)16-11-13(10-15)12-8-6-5-7-9-12/h1,5-9,13-14,16H,4,11H2,2H3. The zero-order valence-electron chi connectivity index (χ0n) is 9.48. The molecule has 82 valence electrons. The smallest absolute Gasteiger partial charge is 0.0837 e. The van der Waals surface area contributed by atoms with Crippen LogP contribution in [0, 0.1) is 23.7 Å². The molecule has 1 N–H and O–H groups in total. The van der Waals surface area contributed by atoms with E-state index in [2.05, 4.69) is 17.3 Å². The third-order valence-electron chi connectivity index (χ3n) is 2.54. The molecular formula is C14H16N2. The Hall–Kier alpha value is -1.77. The van der Waals surface area contributed by atoms with Crippen LogP contribution in [0.15, 0.2) is 30.3 Å². The zero-order chi connectivity index (χ0) is 11.8. The lowest BCUT2D eigenvalue weighted by Crippen LogP contribution is -2.30. The summed E-state index contributed by atoms with van der Waals surface area (Å²) in [7, 11) is 0. The maximum Gasteiger partial charge on any atom is 0.0837 e. The predicted molar refractivity (Wildman–Crippen MR) is 65.7 cm³/mol. The Kier molecular flexibility index (Phi) is 5.12. The van der Waals surface area contributed by atoms with Gasteiger partial charge in [-0.15, -0.1) is 6.42 Å². The van der Waals surface area contributed by atoms with Gasteiger partial charge in [-0.2, -0.15) is 5.26 Å². The van der Waals surface area contributed by atoms with Crippen LogP contribution in [0.1, 0.15) is 24.8 Å². The van der Waals surface area contributed by atoms with Gasteiger partial charge < -0.3 is 5.32 Å². The molecule has 16 heavy (non-hydrogen) atoms. The molecule has 0 saturated carbocycles. The van der Waals surface area contributed by atoms with E-state index in [9.17, 15) is 0 Å². The minimum Gasteiger partial charge on any atom is -0.302 e. The number of rotatable bonds is 5. The maximum atomic E-state index is 9.10. The lowest BCUT2D eigenvalue weighted by molar-refractivity contribution is 0.574. The minimum absolute atomic E-state index is 0.0552. The van der Waals surface area contributed by atoms with E-state index >= 15 is 0 Å². The number of nitriles is 1. The third kappa shape index (κ3) is 3.42. The molecule has 2 unspecified atom stereocenters. The van der Waals surface area contributed by atoms with Crippen LogP contribution in [-0.4, -0.2) is 12.6 Å². The van der Waals surface area contributed by atoms with Gasteiger partial charge in [0.05, 0.1) is 18.0 Å². The fourth-order valence-electron chi connectivity index (χ4n) is 1.50. The summed E-state index contributed by atoms with van der Waals surface area (Å²) >= 11 is 0. The van der Waals surface area contributed by atoms with Crippen molar-refractivity contribution in [3.8, 4) is 18.4 Å². The van der Waals surface area contributed by atoms with Crippen molar-refractivity contribution >= 4 is 0 Å². The van der Waals surface area contributed by atoms with E-state index in [0.29, 0.717) is 6.54 Å². The first-order valence-corrected chi connectivity index (χ1v) is 5.45. The lowest BCUT2D eigenvalue weighted by atomic mass is 10.0. The van der Waals surface area contributed by atoms with Crippen LogP contribution in [0.3, 0.4) is 0 Å². The molecule has 2 atom stereocenters. The van der Waals surface area contributed by atoms with Crippen LogP contribution in [0.25, 0.3) is 0 Å². The largest absolute Gasteiger partial charge is 0.302 e. The molecule has 0 aliphatic carbocycles. The molecule has 0 aromatic heterocycles. The fraction of sp³-hybridized carbons (Fsp3) is 0.357. The molecular weight excluding hydrogens is 196 g/mol. The molecule has 2 nitrogen and oxygen atoms in total. The number of terminal acetylenes is 1. The fourth-order valence-corrected chi connectivity index (χ4v) is 1.50. The van der Waals surface area contributed by atoms with Crippen molar-refractivity contribution in [1.82, 2.24) is 5.32 Å². The molecule has 1 rings (SSSR count). The molecule has 0 amide bonds. The SMILES string of the molecule is C#CC(CC)NCC(C#N)c1ccccc1. The Morgan fingerprint density at radius 3 is 2.56 bits per heavy atom. The number of benzene rings is 1. The molecule has 0 heterocycles. The van der Waals surface area contributed by atoms with E-state index in [-0.39, 0.29) is 12.0 Å². The topological polar surface area (TPSA) is 35.8 Å². The first-order chi connectivity index (χ1) is 7.81. The van der Waals surface area contributed by atoms with Crippen LogP contribution >= 0.6 is 0 Å². The van der Waals surface area contributed by atoms with E-state index in [4.69, 9.17) is 11.7 Å². The highest BCUT2D eigenvalue weighted by Crippen LogP contribution is 2.13. The average molecular weight is 212 g/mol. The lowest BCUT2D eigenvalue weighted by Gasteiger charge is -2.14. The maximum absolute atomic E-state index is 9.10. The van der Waals surface area contributed by atoms with Crippen molar-refractivity contribution in [3.05, 3.63) is 35.9 Å². The van der Waals surface area contributed by atoms with Gasteiger partial charge >= 0.3 is 0 Å². The highest BCUT2D eigenvalue weighted by molar-refractivity contribution is 5.25. The molecule has 1 aromatic carbocycles. The molecule has 0 aliphatic heterocycles. The van der Waals surface area contributed by atoms with E-state index in [1.165, 1.54) is 0 Å². The summed E-state index contributed by atoms with van der Waals surface area (Å²) in [5, 5.41) is 12.3. The monoisotopic (exact) mass is 212 g/mol. The molecule has 1 aromatic rings. The van der Waals surface area contributed by atoms with Crippen LogP contribution in [0.5, 0.6) is 0 Å². The van der Waals surface area contributed by atoms with Crippen molar-refractivity contribution in [2.45, 2.75) is 25.3 Å². The molecule has 0 fully saturated rings. The third-order valence-corrected chi connectivity index (χ3v) is 2.54. The van der Waals surface area contributed by atoms with E-state index in [1.807, 2.05) is 37.3 Å². The zero-order valence-corrected chi connectivity index (χ0v) is 9.48. The first-order valence-electron chi connectivity index (χ1n) is 5.45. The van der Waals surface area contributed by atoms with Gasteiger partial charge in [-0.1, -0.05) is 43.2 Å². The van der Waals surface area contributed by atoms with Gasteiger partial charge in [-0.25, -0.2) is 0 Å². The minimum atomic E-state index is -0.136. The second kappa shape index (κ2) is 6.67. The summed E-state index contributed by atoms with van der Waals surface area (Å²) in [5.74, 6) is 2.53. The molecule has 0 spiro atoms. The highest BCUT2D eigenvalue weighted by Gasteiger charge is 2.11. The van der Waals surface area contributed by atoms with Crippen molar-refractivity contribution < 1.29 is 0 Å². The second-order valence-electron chi connectivity index (χ2n) is 3.63. The van der Waals surface area contributed by atoms with Crippen LogP contribution < -0.4 is 5.32 Å². The summed E-state index contributed by atoms with van der Waals surface area (Å²) in [6.07, 6.45) is 6.23. The van der Waals surface area contributed by atoms with Gasteiger partial charge in [0.2, 0.25) is 0 Å². The Bertz CT molecular complexity index is 383. The van der Waals surface area contributed by atoms with E-state index < -0.39 is 0 Å². The molecule has 0 saturated heterocycles. The Balaban J connectivity index is 2.58. The number of hydrogen-bond acceptors (Lipinski definition) is 2. The van der Waals surface area contributed by atoms with Gasteiger partial charge in [-0.05, 0) is 12.0 Å². The van der Waals surface area contributed by atoms with Crippen LogP contribution in [0.4, 0.5) is 0 Å². The molecule has 2 heteroatoms. The van der Waals surface area contributed by atoms with Gasteiger partial charge in [0.15, 0.2) is 0 Å². The summed E-state index contributed by atoms with van der Waals surface area (Å²) in [4.78, 5) is 0. The number of hydrogen-bond donors (Lipinski definition) is 1. The van der Waals surface area contributed by atoms with Gasteiger partial charge in [-0.3, -0.25) is 0 Å². The number of nitrogens with one attached hydrogen (secondary N) is 1. The van der Waals surface area contributed by atoms with Crippen molar-refractivity contribution in [3.63, 3.8) is 0 Å². The second-order valence-corrected chi connectivity index (χ2v) is 3.63. The normalized spacial score (nSPS) is 13.4. The molecule has 0 aliphatic rings. The average Bonchev–Trinajstić information content (AvgIpc) is 2.36.